The maximum Gasteiger partial charge on any atom is 0.164 e. The van der Waals surface area contributed by atoms with Gasteiger partial charge in [0.25, 0.3) is 0 Å². The molecule has 0 radical (unpaired) electrons. The summed E-state index contributed by atoms with van der Waals surface area (Å²) in [6.07, 6.45) is 0. The van der Waals surface area contributed by atoms with Crippen LogP contribution in [0.25, 0.3) is 151 Å². The van der Waals surface area contributed by atoms with E-state index in [1.807, 2.05) is 97.1 Å². The highest BCUT2D eigenvalue weighted by atomic mass is 15.0. The molecular weight excluding hydrogens is 1100 g/mol. The van der Waals surface area contributed by atoms with E-state index in [0.29, 0.717) is 23.3 Å². The zero-order valence-electron chi connectivity index (χ0n) is 48.9. The van der Waals surface area contributed by atoms with Gasteiger partial charge >= 0.3 is 0 Å². The van der Waals surface area contributed by atoms with Crippen molar-refractivity contribution in [2.24, 2.45) is 0 Å². The minimum atomic E-state index is 0. The number of aromatic nitrogens is 8. The van der Waals surface area contributed by atoms with Crippen molar-refractivity contribution in [2.75, 3.05) is 0 Å². The van der Waals surface area contributed by atoms with E-state index in [2.05, 4.69) is 234 Å². The third-order valence-electron chi connectivity index (χ3n) is 17.0. The van der Waals surface area contributed by atoms with Crippen molar-refractivity contribution in [1.82, 2.24) is 38.6 Å². The van der Waals surface area contributed by atoms with Crippen LogP contribution in [0.3, 0.4) is 0 Å². The lowest BCUT2D eigenvalue weighted by atomic mass is 10.0. The Labute approximate surface area is 522 Å². The van der Waals surface area contributed by atoms with Gasteiger partial charge in [0.15, 0.2) is 23.3 Å². The monoisotopic (exact) mass is 1160 g/mol. The molecule has 0 aliphatic rings. The van der Waals surface area contributed by atoms with Crippen molar-refractivity contribution >= 4 is 65.4 Å². The van der Waals surface area contributed by atoms with Gasteiger partial charge in [-0.1, -0.05) is 232 Å². The fourth-order valence-electron chi connectivity index (χ4n) is 13.0. The molecule has 0 unspecified atom stereocenters. The molecule has 8 nitrogen and oxygen atoms in total. The first-order chi connectivity index (χ1) is 44.0. The molecule has 0 saturated heterocycles. The zero-order valence-corrected chi connectivity index (χ0v) is 48.9. The molecule has 0 N–H and O–H groups in total. The maximum atomic E-state index is 5.05. The minimum absolute atomic E-state index is 0. The average Bonchev–Trinajstić information content (AvgIpc) is 1.64. The third-order valence-corrected chi connectivity index (χ3v) is 17.0. The summed E-state index contributed by atoms with van der Waals surface area (Å²) < 4.78 is 7.15. The van der Waals surface area contributed by atoms with Crippen LogP contribution in [-0.2, 0) is 0 Å². The van der Waals surface area contributed by atoms with Gasteiger partial charge in [-0.25, -0.2) is 24.9 Å². The second kappa shape index (κ2) is 23.1. The molecule has 0 saturated carbocycles. The third kappa shape index (κ3) is 9.73. The molecule has 428 valence electrons. The molecule has 8 heteroatoms. The van der Waals surface area contributed by atoms with E-state index in [1.54, 1.807) is 0 Å². The van der Waals surface area contributed by atoms with Crippen LogP contribution in [0.15, 0.2) is 303 Å². The van der Waals surface area contributed by atoms with Crippen LogP contribution >= 0.6 is 0 Å². The SMILES string of the molecule is C.Cc1cc(-c2nc(-c3ccccc3)nc(-c3ccccc3)n2)cc(C)c1-n1c2ccccc2c2ccccc21.c1ccc(-c2cc(-c3ccc(-n4c5ccccc5c5cc(-n6c7ccccc7c7ccccc76)ccc54)cc3)nc(-c3ccccc3)n2)cc1. The fraction of sp³-hybridized carbons (Fsp3) is 0.0366. The summed E-state index contributed by atoms with van der Waals surface area (Å²) in [4.78, 5) is 24.8. The van der Waals surface area contributed by atoms with E-state index in [9.17, 15) is 0 Å². The first-order valence-electron chi connectivity index (χ1n) is 30.1. The number of hydrogen-bond donors (Lipinski definition) is 0. The van der Waals surface area contributed by atoms with Gasteiger partial charge in [0.1, 0.15) is 0 Å². The zero-order chi connectivity index (χ0) is 59.4. The number of rotatable bonds is 9. The Morgan fingerprint density at radius 1 is 0.222 bits per heavy atom. The van der Waals surface area contributed by atoms with Gasteiger partial charge < -0.3 is 13.7 Å². The molecule has 12 aromatic carbocycles. The standard InChI is InChI=1S/C46H30N4.C35H26N4.CH4/c1-3-13-31(14-4-1)40-30-41(48-46(47-40)33-15-5-2-6-16-33)32-23-25-34(26-24-32)49-44-22-12-9-19-38(44)39-29-35(27-28-45(39)49)50-42-20-10-7-17-36(42)37-18-8-11-21-43(37)50;1-23-21-27(22-24(2)32(23)39-30-19-11-9-17-28(30)29-18-10-12-20-31(29)39)35-37-33(25-13-5-3-6-14-25)36-34(38-35)26-15-7-4-8-16-26;/h1-30H;3-22H,1-2H3;1H4. The number of benzene rings is 12. The number of nitrogens with zero attached hydrogens (tertiary/aromatic N) is 8. The largest absolute Gasteiger partial charge is 0.309 e. The van der Waals surface area contributed by atoms with Crippen molar-refractivity contribution in [3.05, 3.63) is 314 Å². The van der Waals surface area contributed by atoms with Crippen LogP contribution in [0.5, 0.6) is 0 Å². The Morgan fingerprint density at radius 3 is 0.944 bits per heavy atom. The van der Waals surface area contributed by atoms with E-state index in [-0.39, 0.29) is 7.43 Å². The maximum absolute atomic E-state index is 5.05. The minimum Gasteiger partial charge on any atom is -0.309 e. The second-order valence-corrected chi connectivity index (χ2v) is 22.5. The van der Waals surface area contributed by atoms with Gasteiger partial charge in [0.05, 0.1) is 50.2 Å². The summed E-state index contributed by atoms with van der Waals surface area (Å²) in [5.41, 5.74) is 20.8. The highest BCUT2D eigenvalue weighted by Crippen LogP contribution is 2.40. The molecule has 5 heterocycles. The van der Waals surface area contributed by atoms with E-state index in [0.717, 1.165) is 56.1 Å². The number of hydrogen-bond acceptors (Lipinski definition) is 5. The predicted molar refractivity (Wildman–Crippen MR) is 374 cm³/mol. The fourth-order valence-corrected chi connectivity index (χ4v) is 13.0. The van der Waals surface area contributed by atoms with Gasteiger partial charge in [0.2, 0.25) is 0 Å². The molecule has 0 atom stereocenters. The first kappa shape index (κ1) is 54.8. The quantitative estimate of drug-likeness (QED) is 0.144. The molecule has 90 heavy (non-hydrogen) atoms. The Bertz CT molecular complexity index is 5250. The molecule has 17 rings (SSSR count). The highest BCUT2D eigenvalue weighted by molar-refractivity contribution is 6.13. The molecule has 17 aromatic rings. The Kier molecular flexibility index (Phi) is 14.1. The van der Waals surface area contributed by atoms with Crippen LogP contribution in [0.2, 0.25) is 0 Å². The number of fused-ring (bicyclic) bond motifs is 9. The van der Waals surface area contributed by atoms with E-state index in [1.165, 1.54) is 82.2 Å². The molecule has 0 bridgehead atoms. The normalized spacial score (nSPS) is 11.4. The van der Waals surface area contributed by atoms with Gasteiger partial charge in [0, 0.05) is 77.1 Å². The van der Waals surface area contributed by atoms with Crippen molar-refractivity contribution < 1.29 is 0 Å². The molecule has 0 amide bonds. The summed E-state index contributed by atoms with van der Waals surface area (Å²) in [6.45, 7) is 4.35. The van der Waals surface area contributed by atoms with Crippen LogP contribution in [-0.4, -0.2) is 38.6 Å². The van der Waals surface area contributed by atoms with E-state index >= 15 is 0 Å². The average molecular weight is 1160 g/mol. The summed E-state index contributed by atoms with van der Waals surface area (Å²) >= 11 is 0. The van der Waals surface area contributed by atoms with Crippen LogP contribution in [0.1, 0.15) is 18.6 Å². The lowest BCUT2D eigenvalue weighted by Crippen LogP contribution is -2.03. The molecule has 5 aromatic heterocycles. The molecule has 0 aliphatic carbocycles. The molecule has 0 aliphatic heterocycles. The van der Waals surface area contributed by atoms with Gasteiger partial charge in [-0.05, 0) is 104 Å². The predicted octanol–water partition coefficient (Wildman–Crippen LogP) is 20.9. The first-order valence-corrected chi connectivity index (χ1v) is 30.1. The molecule has 0 fully saturated rings. The number of aryl methyl sites for hydroxylation is 2. The van der Waals surface area contributed by atoms with Crippen molar-refractivity contribution in [1.29, 1.82) is 0 Å². The molecular formula is C82H60N8. The Balaban J connectivity index is 0.000000153. The van der Waals surface area contributed by atoms with Crippen LogP contribution < -0.4 is 0 Å². The molecule has 0 spiro atoms. The summed E-state index contributed by atoms with van der Waals surface area (Å²) in [6, 6.07) is 106. The smallest absolute Gasteiger partial charge is 0.164 e. The Morgan fingerprint density at radius 2 is 0.522 bits per heavy atom. The highest BCUT2D eigenvalue weighted by Gasteiger charge is 2.21. The summed E-state index contributed by atoms with van der Waals surface area (Å²) in [7, 11) is 0. The van der Waals surface area contributed by atoms with Gasteiger partial charge in [-0.3, -0.25) is 0 Å². The lowest BCUT2D eigenvalue weighted by molar-refractivity contribution is 1.07. The van der Waals surface area contributed by atoms with Crippen molar-refractivity contribution in [3.63, 3.8) is 0 Å². The van der Waals surface area contributed by atoms with Crippen LogP contribution in [0, 0.1) is 13.8 Å². The van der Waals surface area contributed by atoms with E-state index < -0.39 is 0 Å². The van der Waals surface area contributed by atoms with Gasteiger partial charge in [-0.15, -0.1) is 0 Å². The Hall–Kier alpha value is -11.9. The lowest BCUT2D eigenvalue weighted by Gasteiger charge is -2.16. The second-order valence-electron chi connectivity index (χ2n) is 22.5. The van der Waals surface area contributed by atoms with Gasteiger partial charge in [-0.2, -0.15) is 0 Å². The number of para-hydroxylation sites is 5. The van der Waals surface area contributed by atoms with Crippen LogP contribution in [0.4, 0.5) is 0 Å². The summed E-state index contributed by atoms with van der Waals surface area (Å²) in [5.74, 6) is 2.72. The van der Waals surface area contributed by atoms with E-state index in [4.69, 9.17) is 24.9 Å². The summed E-state index contributed by atoms with van der Waals surface area (Å²) in [5, 5.41) is 7.49. The van der Waals surface area contributed by atoms with Crippen molar-refractivity contribution in [3.8, 4) is 85.1 Å². The topological polar surface area (TPSA) is 79.2 Å². The van der Waals surface area contributed by atoms with Crippen molar-refractivity contribution in [2.45, 2.75) is 21.3 Å².